The van der Waals surface area contributed by atoms with E-state index in [9.17, 15) is 8.42 Å². The average Bonchev–Trinajstić information content (AvgIpc) is 2.82. The number of hydrogen-bond acceptors (Lipinski definition) is 2. The van der Waals surface area contributed by atoms with E-state index in [2.05, 4.69) is 20.5 Å². The Bertz CT molecular complexity index is 783. The Morgan fingerprint density at radius 3 is 2.57 bits per heavy atom. The summed E-state index contributed by atoms with van der Waals surface area (Å²) in [5, 5.41) is 0. The third-order valence-corrected chi connectivity index (χ3v) is 7.04. The van der Waals surface area contributed by atoms with Crippen LogP contribution < -0.4 is 0 Å². The molecule has 0 fully saturated rings. The summed E-state index contributed by atoms with van der Waals surface area (Å²) in [5.74, 6) is 0. The van der Waals surface area contributed by atoms with Gasteiger partial charge in [-0.05, 0) is 54.0 Å². The molecule has 112 valence electrons. The number of sulfonamides is 1. The zero-order chi connectivity index (χ0) is 15.2. The van der Waals surface area contributed by atoms with Crippen LogP contribution in [-0.2, 0) is 16.6 Å². The van der Waals surface area contributed by atoms with Gasteiger partial charge in [-0.15, -0.1) is 0 Å². The van der Waals surface area contributed by atoms with Gasteiger partial charge < -0.3 is 4.57 Å². The smallest absolute Gasteiger partial charge is 0.244 e. The van der Waals surface area contributed by atoms with Gasteiger partial charge in [0.1, 0.15) is 0 Å². The zero-order valence-corrected chi connectivity index (χ0v) is 14.4. The molecular formula is C15H17BrN2O2S. The Morgan fingerprint density at radius 1 is 1.14 bits per heavy atom. The fourth-order valence-corrected chi connectivity index (χ4v) is 5.47. The second-order valence-electron chi connectivity index (χ2n) is 5.27. The lowest BCUT2D eigenvalue weighted by atomic mass is 10.2. The molecule has 0 saturated carbocycles. The third-order valence-electron chi connectivity index (χ3n) is 4.06. The van der Waals surface area contributed by atoms with Gasteiger partial charge in [-0.3, -0.25) is 0 Å². The molecule has 2 aromatic rings. The summed E-state index contributed by atoms with van der Waals surface area (Å²) >= 11 is 3.34. The van der Waals surface area contributed by atoms with Gasteiger partial charge in [-0.1, -0.05) is 12.1 Å². The van der Waals surface area contributed by atoms with Gasteiger partial charge in [0.05, 0.1) is 10.9 Å². The molecule has 0 spiro atoms. The van der Waals surface area contributed by atoms with Crippen molar-refractivity contribution >= 4 is 26.0 Å². The molecule has 2 heterocycles. The second kappa shape index (κ2) is 5.26. The van der Waals surface area contributed by atoms with E-state index in [4.69, 9.17) is 0 Å². The van der Waals surface area contributed by atoms with Crippen molar-refractivity contribution in [1.29, 1.82) is 0 Å². The molecule has 1 aliphatic rings. The first-order chi connectivity index (χ1) is 9.93. The summed E-state index contributed by atoms with van der Waals surface area (Å²) < 4.78 is 30.2. The van der Waals surface area contributed by atoms with Gasteiger partial charge in [-0.2, -0.15) is 4.31 Å². The maximum absolute atomic E-state index is 12.9. The first-order valence-corrected chi connectivity index (χ1v) is 9.08. The molecule has 0 unspecified atom stereocenters. The van der Waals surface area contributed by atoms with Crippen molar-refractivity contribution in [3.05, 3.63) is 52.3 Å². The van der Waals surface area contributed by atoms with Crippen molar-refractivity contribution in [2.75, 3.05) is 6.54 Å². The van der Waals surface area contributed by atoms with Crippen LogP contribution >= 0.6 is 15.9 Å². The SMILES string of the molecule is Cc1ccc2n1CCN(S(=O)(=O)c1ccccc1Br)[C@H]2C. The first-order valence-electron chi connectivity index (χ1n) is 6.85. The van der Waals surface area contributed by atoms with Crippen LogP contribution in [0, 0.1) is 6.92 Å². The molecule has 1 aliphatic heterocycles. The van der Waals surface area contributed by atoms with Gasteiger partial charge in [0.15, 0.2) is 0 Å². The molecule has 21 heavy (non-hydrogen) atoms. The number of benzene rings is 1. The Labute approximate surface area is 133 Å². The molecule has 0 N–H and O–H groups in total. The van der Waals surface area contributed by atoms with E-state index in [0.717, 1.165) is 5.69 Å². The molecule has 4 nitrogen and oxygen atoms in total. The number of halogens is 1. The molecule has 0 saturated heterocycles. The van der Waals surface area contributed by atoms with E-state index in [0.29, 0.717) is 22.5 Å². The molecule has 6 heteroatoms. The number of aromatic nitrogens is 1. The predicted octanol–water partition coefficient (Wildman–Crippen LogP) is 3.32. The number of fused-ring (bicyclic) bond motifs is 1. The molecule has 0 aliphatic carbocycles. The highest BCUT2D eigenvalue weighted by Gasteiger charge is 2.35. The molecule has 0 bridgehead atoms. The molecule has 3 rings (SSSR count). The Hall–Kier alpha value is -1.11. The molecule has 0 radical (unpaired) electrons. The van der Waals surface area contributed by atoms with Crippen molar-refractivity contribution in [2.24, 2.45) is 0 Å². The Morgan fingerprint density at radius 2 is 1.86 bits per heavy atom. The highest BCUT2D eigenvalue weighted by molar-refractivity contribution is 9.10. The molecule has 1 aromatic heterocycles. The lowest BCUT2D eigenvalue weighted by Crippen LogP contribution is -2.41. The van der Waals surface area contributed by atoms with E-state index in [1.54, 1.807) is 22.5 Å². The minimum Gasteiger partial charge on any atom is -0.346 e. The lowest BCUT2D eigenvalue weighted by molar-refractivity contribution is 0.280. The van der Waals surface area contributed by atoms with Crippen LogP contribution in [-0.4, -0.2) is 23.8 Å². The standard InChI is InChI=1S/C15H17BrN2O2S/c1-11-7-8-14-12(2)18(10-9-17(11)14)21(19,20)15-6-4-3-5-13(15)16/h3-8,12H,9-10H2,1-2H3/t12-/m0/s1. The van der Waals surface area contributed by atoms with Crippen molar-refractivity contribution in [2.45, 2.75) is 31.3 Å². The number of hydrogen-bond donors (Lipinski definition) is 0. The fourth-order valence-electron chi connectivity index (χ4n) is 2.91. The van der Waals surface area contributed by atoms with Crippen LogP contribution in [0.1, 0.15) is 24.4 Å². The molecular weight excluding hydrogens is 352 g/mol. The van der Waals surface area contributed by atoms with Gasteiger partial charge in [0, 0.05) is 29.0 Å². The van der Waals surface area contributed by atoms with E-state index in [1.165, 1.54) is 5.69 Å². The maximum atomic E-state index is 12.9. The number of aryl methyl sites for hydroxylation is 1. The highest BCUT2D eigenvalue weighted by Crippen LogP contribution is 2.34. The van der Waals surface area contributed by atoms with Crippen LogP contribution in [0.15, 0.2) is 45.8 Å². The summed E-state index contributed by atoms with van der Waals surface area (Å²) in [5.41, 5.74) is 2.23. The van der Waals surface area contributed by atoms with Crippen LogP contribution in [0.4, 0.5) is 0 Å². The second-order valence-corrected chi connectivity index (χ2v) is 7.99. The topological polar surface area (TPSA) is 42.3 Å². The zero-order valence-electron chi connectivity index (χ0n) is 12.0. The van der Waals surface area contributed by atoms with Crippen LogP contribution in [0.2, 0.25) is 0 Å². The van der Waals surface area contributed by atoms with Crippen molar-refractivity contribution in [1.82, 2.24) is 8.87 Å². The van der Waals surface area contributed by atoms with Crippen LogP contribution in [0.25, 0.3) is 0 Å². The fraction of sp³-hybridized carbons (Fsp3) is 0.333. The summed E-state index contributed by atoms with van der Waals surface area (Å²) in [6.45, 7) is 5.18. The molecule has 0 amide bonds. The van der Waals surface area contributed by atoms with E-state index < -0.39 is 10.0 Å². The van der Waals surface area contributed by atoms with E-state index in [1.807, 2.05) is 32.0 Å². The average molecular weight is 369 g/mol. The summed E-state index contributed by atoms with van der Waals surface area (Å²) in [7, 11) is -3.50. The number of rotatable bonds is 2. The largest absolute Gasteiger partial charge is 0.346 e. The molecule has 1 aromatic carbocycles. The number of nitrogens with zero attached hydrogens (tertiary/aromatic N) is 2. The summed E-state index contributed by atoms with van der Waals surface area (Å²) in [6.07, 6.45) is 0. The van der Waals surface area contributed by atoms with Gasteiger partial charge in [-0.25, -0.2) is 8.42 Å². The normalized spacial score (nSPS) is 19.5. The quantitative estimate of drug-likeness (QED) is 0.815. The van der Waals surface area contributed by atoms with Crippen LogP contribution in [0.5, 0.6) is 0 Å². The molecule has 1 atom stereocenters. The van der Waals surface area contributed by atoms with E-state index >= 15 is 0 Å². The van der Waals surface area contributed by atoms with Gasteiger partial charge in [0.25, 0.3) is 0 Å². The van der Waals surface area contributed by atoms with Crippen LogP contribution in [0.3, 0.4) is 0 Å². The highest BCUT2D eigenvalue weighted by atomic mass is 79.9. The van der Waals surface area contributed by atoms with Crippen molar-refractivity contribution in [3.63, 3.8) is 0 Å². The minimum absolute atomic E-state index is 0.162. The first kappa shape index (κ1) is 14.8. The van der Waals surface area contributed by atoms with Crippen molar-refractivity contribution in [3.8, 4) is 0 Å². The Balaban J connectivity index is 2.04. The minimum atomic E-state index is -3.50. The Kier molecular flexibility index (Phi) is 3.71. The summed E-state index contributed by atoms with van der Waals surface area (Å²) in [6, 6.07) is 10.9. The lowest BCUT2D eigenvalue weighted by Gasteiger charge is -2.34. The maximum Gasteiger partial charge on any atom is 0.244 e. The van der Waals surface area contributed by atoms with Gasteiger partial charge >= 0.3 is 0 Å². The predicted molar refractivity (Wildman–Crippen MR) is 85.6 cm³/mol. The summed E-state index contributed by atoms with van der Waals surface area (Å²) in [4.78, 5) is 0.327. The monoisotopic (exact) mass is 368 g/mol. The third kappa shape index (κ3) is 2.35. The van der Waals surface area contributed by atoms with Gasteiger partial charge in [0.2, 0.25) is 10.0 Å². The van der Waals surface area contributed by atoms with E-state index in [-0.39, 0.29) is 6.04 Å². The van der Waals surface area contributed by atoms with Crippen molar-refractivity contribution < 1.29 is 8.42 Å².